The summed E-state index contributed by atoms with van der Waals surface area (Å²) in [6.07, 6.45) is 1.60. The average molecular weight is 403 g/mol. The smallest absolute Gasteiger partial charge is 0.242 e. The van der Waals surface area contributed by atoms with Gasteiger partial charge in [-0.3, -0.25) is 9.36 Å². The molecule has 1 aromatic heterocycles. The van der Waals surface area contributed by atoms with Gasteiger partial charge in [-0.25, -0.2) is 12.7 Å². The standard InChI is InChI=1S/C18H18N4O3S2/c1-21(2)27(24,25)16-10-8-14(9-11-16)17(23)12-26-18-20-19-13-22(18)15-6-4-3-5-7-15/h3-11,13H,12H2,1-2H3. The minimum atomic E-state index is -3.51. The van der Waals surface area contributed by atoms with E-state index in [-0.39, 0.29) is 16.4 Å². The van der Waals surface area contributed by atoms with Crippen LogP contribution in [0.25, 0.3) is 5.69 Å². The van der Waals surface area contributed by atoms with Gasteiger partial charge in [0.25, 0.3) is 0 Å². The zero-order chi connectivity index (χ0) is 19.4. The van der Waals surface area contributed by atoms with Crippen LogP contribution in [0.4, 0.5) is 0 Å². The number of rotatable bonds is 7. The summed E-state index contributed by atoms with van der Waals surface area (Å²) in [5, 5.41) is 8.59. The highest BCUT2D eigenvalue weighted by atomic mass is 32.2. The summed E-state index contributed by atoms with van der Waals surface area (Å²) in [6, 6.07) is 15.6. The van der Waals surface area contributed by atoms with Crippen molar-refractivity contribution in [3.8, 4) is 5.69 Å². The second kappa shape index (κ2) is 8.03. The Labute approximate surface area is 162 Å². The first-order valence-electron chi connectivity index (χ1n) is 8.03. The van der Waals surface area contributed by atoms with Gasteiger partial charge in [0.15, 0.2) is 10.9 Å². The third kappa shape index (κ3) is 4.26. The van der Waals surface area contributed by atoms with E-state index in [1.54, 1.807) is 6.33 Å². The Balaban J connectivity index is 1.70. The fraction of sp³-hybridized carbons (Fsp3) is 0.167. The van der Waals surface area contributed by atoms with Gasteiger partial charge in [-0.15, -0.1) is 10.2 Å². The average Bonchev–Trinajstić information content (AvgIpc) is 3.15. The summed E-state index contributed by atoms with van der Waals surface area (Å²) in [5.41, 5.74) is 1.36. The van der Waals surface area contributed by atoms with Crippen molar-refractivity contribution in [2.24, 2.45) is 0 Å². The predicted molar refractivity (Wildman–Crippen MR) is 104 cm³/mol. The number of para-hydroxylation sites is 1. The minimum Gasteiger partial charge on any atom is -0.293 e. The summed E-state index contributed by atoms with van der Waals surface area (Å²) in [7, 11) is -0.576. The molecule has 7 nitrogen and oxygen atoms in total. The van der Waals surface area contributed by atoms with Gasteiger partial charge in [-0.05, 0) is 24.3 Å². The maximum atomic E-state index is 12.4. The van der Waals surface area contributed by atoms with E-state index in [0.29, 0.717) is 10.7 Å². The number of benzene rings is 2. The van der Waals surface area contributed by atoms with Crippen molar-refractivity contribution in [2.45, 2.75) is 10.1 Å². The van der Waals surface area contributed by atoms with Crippen LogP contribution in [0, 0.1) is 0 Å². The van der Waals surface area contributed by atoms with Crippen molar-refractivity contribution in [3.05, 3.63) is 66.5 Å². The van der Waals surface area contributed by atoms with E-state index in [1.807, 2.05) is 34.9 Å². The highest BCUT2D eigenvalue weighted by Crippen LogP contribution is 2.21. The summed E-state index contributed by atoms with van der Waals surface area (Å²) in [6.45, 7) is 0. The molecule has 0 aliphatic heterocycles. The Bertz CT molecular complexity index is 1030. The van der Waals surface area contributed by atoms with Gasteiger partial charge in [0.1, 0.15) is 6.33 Å². The van der Waals surface area contributed by atoms with Crippen molar-refractivity contribution in [3.63, 3.8) is 0 Å². The SMILES string of the molecule is CN(C)S(=O)(=O)c1ccc(C(=O)CSc2nncn2-c2ccccc2)cc1. The third-order valence-electron chi connectivity index (χ3n) is 3.84. The quantitative estimate of drug-likeness (QED) is 0.446. The maximum Gasteiger partial charge on any atom is 0.242 e. The summed E-state index contributed by atoms with van der Waals surface area (Å²) in [4.78, 5) is 12.6. The molecule has 2 aromatic carbocycles. The van der Waals surface area contributed by atoms with E-state index < -0.39 is 10.0 Å². The molecule has 0 saturated heterocycles. The van der Waals surface area contributed by atoms with E-state index in [9.17, 15) is 13.2 Å². The number of Topliss-reactive ketones (excluding diaryl/α,β-unsaturated/α-hetero) is 1. The maximum absolute atomic E-state index is 12.4. The van der Waals surface area contributed by atoms with Crippen LogP contribution in [0.2, 0.25) is 0 Å². The Morgan fingerprint density at radius 2 is 1.74 bits per heavy atom. The van der Waals surface area contributed by atoms with Gasteiger partial charge in [0.05, 0.1) is 10.6 Å². The van der Waals surface area contributed by atoms with Gasteiger partial charge in [-0.1, -0.05) is 42.1 Å². The molecule has 1 heterocycles. The molecule has 0 N–H and O–H groups in total. The number of carbonyl (C=O) groups excluding carboxylic acids is 1. The van der Waals surface area contributed by atoms with E-state index in [4.69, 9.17) is 0 Å². The second-order valence-electron chi connectivity index (χ2n) is 5.84. The van der Waals surface area contributed by atoms with Crippen LogP contribution in [0.3, 0.4) is 0 Å². The number of hydrogen-bond acceptors (Lipinski definition) is 6. The number of ketones is 1. The lowest BCUT2D eigenvalue weighted by Crippen LogP contribution is -2.22. The molecule has 0 amide bonds. The van der Waals surface area contributed by atoms with Crippen molar-refractivity contribution >= 4 is 27.6 Å². The van der Waals surface area contributed by atoms with Gasteiger partial charge in [-0.2, -0.15) is 0 Å². The highest BCUT2D eigenvalue weighted by Gasteiger charge is 2.18. The largest absolute Gasteiger partial charge is 0.293 e. The first-order chi connectivity index (χ1) is 12.9. The first-order valence-corrected chi connectivity index (χ1v) is 10.5. The van der Waals surface area contributed by atoms with E-state index >= 15 is 0 Å². The monoisotopic (exact) mass is 402 g/mol. The van der Waals surface area contributed by atoms with Crippen molar-refractivity contribution in [1.29, 1.82) is 0 Å². The third-order valence-corrected chi connectivity index (χ3v) is 6.61. The summed E-state index contributed by atoms with van der Waals surface area (Å²) >= 11 is 1.28. The molecule has 9 heteroatoms. The van der Waals surface area contributed by atoms with E-state index in [2.05, 4.69) is 10.2 Å². The van der Waals surface area contributed by atoms with Crippen LogP contribution in [0.1, 0.15) is 10.4 Å². The van der Waals surface area contributed by atoms with Gasteiger partial charge >= 0.3 is 0 Å². The molecule has 0 aliphatic carbocycles. The lowest BCUT2D eigenvalue weighted by Gasteiger charge is -2.11. The number of sulfonamides is 1. The molecule has 3 rings (SSSR count). The second-order valence-corrected chi connectivity index (χ2v) is 8.94. The van der Waals surface area contributed by atoms with Gasteiger partial charge < -0.3 is 0 Å². The zero-order valence-electron chi connectivity index (χ0n) is 14.8. The molecule has 0 bridgehead atoms. The highest BCUT2D eigenvalue weighted by molar-refractivity contribution is 7.99. The molecule has 0 atom stereocenters. The topological polar surface area (TPSA) is 85.2 Å². The summed E-state index contributed by atoms with van der Waals surface area (Å²) < 4.78 is 27.1. The lowest BCUT2D eigenvalue weighted by molar-refractivity contribution is 0.102. The molecule has 140 valence electrons. The molecule has 0 fully saturated rings. The van der Waals surface area contributed by atoms with Crippen LogP contribution in [0.15, 0.2) is 71.0 Å². The molecular formula is C18H18N4O3S2. The molecule has 27 heavy (non-hydrogen) atoms. The molecule has 0 aliphatic rings. The number of nitrogens with zero attached hydrogens (tertiary/aromatic N) is 4. The Morgan fingerprint density at radius 1 is 1.07 bits per heavy atom. The van der Waals surface area contributed by atoms with Crippen LogP contribution in [-0.4, -0.2) is 53.1 Å². The first kappa shape index (κ1) is 19.3. The Hall–Kier alpha value is -2.49. The van der Waals surface area contributed by atoms with E-state index in [0.717, 1.165) is 9.99 Å². The predicted octanol–water partition coefficient (Wildman–Crippen LogP) is 2.49. The van der Waals surface area contributed by atoms with Crippen molar-refractivity contribution < 1.29 is 13.2 Å². The molecule has 0 saturated carbocycles. The van der Waals surface area contributed by atoms with Crippen LogP contribution >= 0.6 is 11.8 Å². The Morgan fingerprint density at radius 3 is 2.37 bits per heavy atom. The number of aromatic nitrogens is 3. The van der Waals surface area contributed by atoms with Crippen LogP contribution < -0.4 is 0 Å². The fourth-order valence-electron chi connectivity index (χ4n) is 2.33. The molecule has 0 spiro atoms. The van der Waals surface area contributed by atoms with Gasteiger partial charge in [0, 0.05) is 25.3 Å². The Kier molecular flexibility index (Phi) is 5.73. The van der Waals surface area contributed by atoms with Crippen molar-refractivity contribution in [1.82, 2.24) is 19.1 Å². The summed E-state index contributed by atoms with van der Waals surface area (Å²) in [5.74, 6) is 0.0575. The van der Waals surface area contributed by atoms with Gasteiger partial charge in [0.2, 0.25) is 10.0 Å². The van der Waals surface area contributed by atoms with Crippen LogP contribution in [0.5, 0.6) is 0 Å². The normalized spacial score (nSPS) is 11.7. The number of carbonyl (C=O) groups is 1. The minimum absolute atomic E-state index is 0.114. The molecular weight excluding hydrogens is 384 g/mol. The van der Waals surface area contributed by atoms with Crippen LogP contribution in [-0.2, 0) is 10.0 Å². The van der Waals surface area contributed by atoms with Crippen molar-refractivity contribution in [2.75, 3.05) is 19.8 Å². The molecule has 0 unspecified atom stereocenters. The number of hydrogen-bond donors (Lipinski definition) is 0. The lowest BCUT2D eigenvalue weighted by atomic mass is 10.1. The molecule has 3 aromatic rings. The number of thioether (sulfide) groups is 1. The fourth-order valence-corrected chi connectivity index (χ4v) is 4.05. The van der Waals surface area contributed by atoms with E-state index in [1.165, 1.54) is 50.1 Å². The zero-order valence-corrected chi connectivity index (χ0v) is 16.4. The molecule has 0 radical (unpaired) electrons.